The van der Waals surface area contributed by atoms with E-state index in [1.807, 2.05) is 29.6 Å². The number of nitrogens with one attached hydrogen (secondary N) is 4. The highest BCUT2D eigenvalue weighted by Crippen LogP contribution is 2.38. The van der Waals surface area contributed by atoms with E-state index in [1.54, 1.807) is 38.4 Å². The Morgan fingerprint density at radius 2 is 1.83 bits per heavy atom. The summed E-state index contributed by atoms with van der Waals surface area (Å²) in [5, 5.41) is 23.9. The van der Waals surface area contributed by atoms with Crippen LogP contribution in [0.4, 0.5) is 17.2 Å². The molecular formula is C25H33B3N8O5. The fraction of sp³-hybridized carbons (Fsp3) is 0.360. The highest BCUT2D eigenvalue weighted by atomic mass is 16.5. The summed E-state index contributed by atoms with van der Waals surface area (Å²) in [7, 11) is 10.4. The zero-order valence-electron chi connectivity index (χ0n) is 24.1. The van der Waals surface area contributed by atoms with E-state index in [2.05, 4.69) is 36.6 Å². The predicted molar refractivity (Wildman–Crippen MR) is 162 cm³/mol. The second-order valence-corrected chi connectivity index (χ2v) is 10.8. The van der Waals surface area contributed by atoms with Crippen LogP contribution in [0.5, 0.6) is 5.75 Å². The number of hydrogen-bond acceptors (Lipinski definition) is 9. The monoisotopic (exact) mass is 558 g/mol. The van der Waals surface area contributed by atoms with E-state index in [1.165, 1.54) is 11.8 Å². The van der Waals surface area contributed by atoms with E-state index < -0.39 is 11.1 Å². The predicted octanol–water partition coefficient (Wildman–Crippen LogP) is -1.41. The number of ether oxygens (including phenoxy) is 2. The van der Waals surface area contributed by atoms with Gasteiger partial charge in [0.15, 0.2) is 17.3 Å². The number of aryl methyl sites for hydroxylation is 1. The first-order valence-electron chi connectivity index (χ1n) is 13.3. The Labute approximate surface area is 240 Å². The van der Waals surface area contributed by atoms with E-state index in [-0.39, 0.29) is 29.2 Å². The first-order valence-corrected chi connectivity index (χ1v) is 13.3. The molecule has 3 amide bonds. The Bertz CT molecular complexity index is 1460. The van der Waals surface area contributed by atoms with Gasteiger partial charge in [0, 0.05) is 38.2 Å². The first kappa shape index (κ1) is 29.7. The van der Waals surface area contributed by atoms with Crippen LogP contribution in [0.3, 0.4) is 0 Å². The lowest BCUT2D eigenvalue weighted by atomic mass is 9.49. The number of methoxy groups -OCH3 is 2. The van der Waals surface area contributed by atoms with Crippen molar-refractivity contribution in [2.75, 3.05) is 38.0 Å². The maximum absolute atomic E-state index is 13.1. The standard InChI is InChI=1S/C25H33B3N8O5/c1-36-18(23(38)29-9-10-40-2)11-16(35-36)14-5-4-6-15(21(14)41-3)30-17-12-19(31-22(37)13-7-8-13)33-34-20(17)24(39)32-25(26,27)28/h4-6,11-13H,7-10,26-28H2,1-3H3,(H,29,38)(H,32,39)(H2,30,31,33,37). The third kappa shape index (κ3) is 7.45. The Kier molecular flexibility index (Phi) is 9.01. The van der Waals surface area contributed by atoms with Crippen molar-refractivity contribution in [1.29, 1.82) is 0 Å². The van der Waals surface area contributed by atoms with Gasteiger partial charge >= 0.3 is 0 Å². The average molecular weight is 558 g/mol. The number of carbonyl (C=O) groups is 3. The van der Waals surface area contributed by atoms with Gasteiger partial charge in [0.25, 0.3) is 11.8 Å². The minimum atomic E-state index is -0.515. The maximum atomic E-state index is 13.1. The molecule has 1 aliphatic carbocycles. The average Bonchev–Trinajstić information content (AvgIpc) is 3.69. The number of nitrogens with zero attached hydrogens (tertiary/aromatic N) is 4. The number of hydrogen-bond donors (Lipinski definition) is 4. The van der Waals surface area contributed by atoms with Gasteiger partial charge in [-0.2, -0.15) is 5.10 Å². The molecule has 212 valence electrons. The van der Waals surface area contributed by atoms with Gasteiger partial charge in [0.1, 0.15) is 29.2 Å². The quantitative estimate of drug-likeness (QED) is 0.155. The first-order chi connectivity index (χ1) is 19.5. The smallest absolute Gasteiger partial charge is 0.272 e. The lowest BCUT2D eigenvalue weighted by molar-refractivity contribution is -0.117. The van der Waals surface area contributed by atoms with Crippen LogP contribution in [-0.4, -0.2) is 93.8 Å². The minimum Gasteiger partial charge on any atom is -0.494 e. The van der Waals surface area contributed by atoms with Crippen LogP contribution in [0.1, 0.15) is 33.8 Å². The molecule has 2 aromatic heterocycles. The van der Waals surface area contributed by atoms with E-state index in [0.717, 1.165) is 12.8 Å². The van der Waals surface area contributed by atoms with Crippen LogP contribution >= 0.6 is 0 Å². The third-order valence-corrected chi connectivity index (χ3v) is 6.17. The van der Waals surface area contributed by atoms with Crippen molar-refractivity contribution >= 4 is 58.5 Å². The van der Waals surface area contributed by atoms with Crippen molar-refractivity contribution < 1.29 is 23.9 Å². The molecule has 0 spiro atoms. The lowest BCUT2D eigenvalue weighted by Gasteiger charge is -2.22. The van der Waals surface area contributed by atoms with Gasteiger partial charge in [-0.1, -0.05) is 6.07 Å². The molecule has 0 saturated heterocycles. The summed E-state index contributed by atoms with van der Waals surface area (Å²) in [6.07, 6.45) is 1.68. The van der Waals surface area contributed by atoms with Crippen LogP contribution in [-0.2, 0) is 16.6 Å². The van der Waals surface area contributed by atoms with Crippen molar-refractivity contribution in [2.45, 2.75) is 18.1 Å². The molecule has 0 aliphatic heterocycles. The molecule has 3 aromatic rings. The minimum absolute atomic E-state index is 0.0285. The molecular weight excluding hydrogens is 525 g/mol. The number of benzene rings is 1. The number of amides is 3. The van der Waals surface area contributed by atoms with Gasteiger partial charge in [-0.05, 0) is 36.3 Å². The molecule has 4 rings (SSSR count). The van der Waals surface area contributed by atoms with Crippen LogP contribution in [0.15, 0.2) is 30.3 Å². The Morgan fingerprint density at radius 3 is 2.49 bits per heavy atom. The molecule has 41 heavy (non-hydrogen) atoms. The van der Waals surface area contributed by atoms with Crippen molar-refractivity contribution in [3.8, 4) is 17.0 Å². The second kappa shape index (κ2) is 12.5. The molecule has 0 unspecified atom stereocenters. The fourth-order valence-corrected chi connectivity index (χ4v) is 4.06. The highest BCUT2D eigenvalue weighted by molar-refractivity contribution is 6.60. The number of para-hydroxylation sites is 1. The van der Waals surface area contributed by atoms with Crippen LogP contribution < -0.4 is 26.0 Å². The largest absolute Gasteiger partial charge is 0.494 e. The molecule has 13 nitrogen and oxygen atoms in total. The number of carbonyl (C=O) groups excluding carboxylic acids is 3. The lowest BCUT2D eigenvalue weighted by Crippen LogP contribution is -2.50. The van der Waals surface area contributed by atoms with Gasteiger partial charge in [0.2, 0.25) is 5.91 Å². The Balaban J connectivity index is 1.68. The molecule has 1 saturated carbocycles. The summed E-state index contributed by atoms with van der Waals surface area (Å²) in [6, 6.07) is 8.63. The summed E-state index contributed by atoms with van der Waals surface area (Å²) < 4.78 is 12.3. The van der Waals surface area contributed by atoms with E-state index >= 15 is 0 Å². The summed E-state index contributed by atoms with van der Waals surface area (Å²) in [4.78, 5) is 38.1. The van der Waals surface area contributed by atoms with Crippen molar-refractivity contribution in [3.63, 3.8) is 0 Å². The van der Waals surface area contributed by atoms with Gasteiger partial charge in [-0.25, -0.2) is 0 Å². The SMILES string of the molecule is BC(B)(B)NC(=O)c1nnc(NC(=O)C2CC2)cc1Nc1cccc(-c2cc(C(=O)NCCOC)n(C)n2)c1OC. The number of anilines is 3. The molecule has 4 N–H and O–H groups in total. The van der Waals surface area contributed by atoms with Gasteiger partial charge in [0.05, 0.1) is 30.8 Å². The molecule has 16 heteroatoms. The summed E-state index contributed by atoms with van der Waals surface area (Å²) >= 11 is 0. The third-order valence-electron chi connectivity index (χ3n) is 6.17. The van der Waals surface area contributed by atoms with Crippen LogP contribution in [0, 0.1) is 5.92 Å². The zero-order chi connectivity index (χ0) is 29.7. The molecule has 2 heterocycles. The van der Waals surface area contributed by atoms with Gasteiger partial charge < -0.3 is 30.7 Å². The zero-order valence-corrected chi connectivity index (χ0v) is 24.1. The molecule has 1 fully saturated rings. The summed E-state index contributed by atoms with van der Waals surface area (Å²) in [5.41, 5.74) is 2.38. The van der Waals surface area contributed by atoms with E-state index in [4.69, 9.17) is 9.47 Å². The van der Waals surface area contributed by atoms with Crippen LogP contribution in [0.2, 0.25) is 0 Å². The van der Waals surface area contributed by atoms with E-state index in [0.29, 0.717) is 47.2 Å². The second-order valence-electron chi connectivity index (χ2n) is 10.8. The molecule has 0 radical (unpaired) electrons. The topological polar surface area (TPSA) is 161 Å². The maximum Gasteiger partial charge on any atom is 0.272 e. The fourth-order valence-electron chi connectivity index (χ4n) is 4.06. The van der Waals surface area contributed by atoms with Crippen molar-refractivity contribution in [1.82, 2.24) is 30.6 Å². The molecule has 1 aromatic carbocycles. The normalized spacial score (nSPS) is 12.9. The molecule has 1 aliphatic rings. The Morgan fingerprint density at radius 1 is 1.07 bits per heavy atom. The van der Waals surface area contributed by atoms with Gasteiger partial charge in [-0.3, -0.25) is 19.1 Å². The van der Waals surface area contributed by atoms with E-state index in [9.17, 15) is 14.4 Å². The highest BCUT2D eigenvalue weighted by Gasteiger charge is 2.30. The Hall–Kier alpha value is -4.33. The summed E-state index contributed by atoms with van der Waals surface area (Å²) in [5.74, 6) is -0.223. The van der Waals surface area contributed by atoms with Crippen LogP contribution in [0.25, 0.3) is 11.3 Å². The molecule has 0 atom stereocenters. The van der Waals surface area contributed by atoms with Crippen molar-refractivity contribution in [2.24, 2.45) is 13.0 Å². The number of aromatic nitrogens is 4. The molecule has 0 bridgehead atoms. The van der Waals surface area contributed by atoms with Gasteiger partial charge in [-0.15, -0.1) is 10.2 Å². The number of rotatable bonds is 12. The summed E-state index contributed by atoms with van der Waals surface area (Å²) in [6.45, 7) is 0.760. The van der Waals surface area contributed by atoms with Crippen molar-refractivity contribution in [3.05, 3.63) is 41.7 Å².